The van der Waals surface area contributed by atoms with Crippen LogP contribution in [0.15, 0.2) is 24.7 Å². The fourth-order valence-electron chi connectivity index (χ4n) is 3.89. The highest BCUT2D eigenvalue weighted by molar-refractivity contribution is 5.76. The lowest BCUT2D eigenvalue weighted by atomic mass is 10.0. The molecule has 0 saturated heterocycles. The summed E-state index contributed by atoms with van der Waals surface area (Å²) >= 11 is 0. The molecule has 6 heteroatoms. The minimum Gasteiger partial charge on any atom is -0.393 e. The number of hydrogen-bond donors (Lipinski definition) is 3. The summed E-state index contributed by atoms with van der Waals surface area (Å²) < 4.78 is 0. The zero-order valence-electron chi connectivity index (χ0n) is 20.3. The summed E-state index contributed by atoms with van der Waals surface area (Å²) in [6, 6.07) is 3.92. The molecular formula is C26H44N6. The highest BCUT2D eigenvalue weighted by atomic mass is 15.1. The van der Waals surface area contributed by atoms with E-state index in [-0.39, 0.29) is 0 Å². The molecule has 4 N–H and O–H groups in total. The van der Waals surface area contributed by atoms with Gasteiger partial charge in [-0.15, -0.1) is 0 Å². The normalized spacial score (nSPS) is 10.9. The third kappa shape index (κ3) is 10.8. The summed E-state index contributed by atoms with van der Waals surface area (Å²) in [7, 11) is 0. The molecule has 6 nitrogen and oxygen atoms in total. The summed E-state index contributed by atoms with van der Waals surface area (Å²) in [4.78, 5) is 12.9. The Bertz CT molecular complexity index is 749. The molecular weight excluding hydrogens is 396 g/mol. The Morgan fingerprint density at radius 1 is 0.750 bits per heavy atom. The average molecular weight is 441 g/mol. The minimum absolute atomic E-state index is 0.529. The van der Waals surface area contributed by atoms with Crippen molar-refractivity contribution < 1.29 is 0 Å². The van der Waals surface area contributed by atoms with Gasteiger partial charge in [-0.2, -0.15) is 0 Å². The van der Waals surface area contributed by atoms with E-state index in [1.807, 2.05) is 19.1 Å². The maximum absolute atomic E-state index is 6.25. The van der Waals surface area contributed by atoms with Gasteiger partial charge in [0.2, 0.25) is 0 Å². The van der Waals surface area contributed by atoms with E-state index in [2.05, 4.69) is 32.5 Å². The van der Waals surface area contributed by atoms with Gasteiger partial charge in [-0.3, -0.25) is 0 Å². The number of unbranched alkanes of at least 4 members (excludes halogenated alkanes) is 13. The zero-order chi connectivity index (χ0) is 22.9. The molecule has 0 atom stereocenters. The number of pyridine rings is 1. The van der Waals surface area contributed by atoms with Gasteiger partial charge in [0.05, 0.1) is 0 Å². The molecule has 178 valence electrons. The molecule has 0 aliphatic carbocycles. The van der Waals surface area contributed by atoms with Gasteiger partial charge in [-0.25, -0.2) is 15.0 Å². The first-order valence-electron chi connectivity index (χ1n) is 12.7. The number of aromatic nitrogens is 3. The highest BCUT2D eigenvalue weighted by Gasteiger charge is 2.08. The van der Waals surface area contributed by atoms with E-state index in [1.54, 1.807) is 6.20 Å². The van der Waals surface area contributed by atoms with E-state index in [0.29, 0.717) is 17.3 Å². The van der Waals surface area contributed by atoms with Crippen LogP contribution >= 0.6 is 0 Å². The maximum atomic E-state index is 6.25. The molecule has 0 bridgehead atoms. The van der Waals surface area contributed by atoms with Gasteiger partial charge in [0.15, 0.2) is 11.6 Å². The standard InChI is InChI=1S/C26H44N6/c1-3-4-5-6-7-8-9-10-11-12-13-14-15-16-18-29-25-24(27)26(31-21-30-25)32-23-20-22(2)17-19-28-23/h17,19-21H,3-16,18,27H2,1-2H3,(H2,28,29,30,31,32). The monoisotopic (exact) mass is 440 g/mol. The van der Waals surface area contributed by atoms with Crippen molar-refractivity contribution in [2.24, 2.45) is 0 Å². The second kappa shape index (κ2) is 16.3. The van der Waals surface area contributed by atoms with Crippen LogP contribution in [-0.2, 0) is 0 Å². The molecule has 0 aliphatic rings. The first-order chi connectivity index (χ1) is 15.7. The number of nitrogens with one attached hydrogen (secondary N) is 2. The molecule has 0 saturated carbocycles. The van der Waals surface area contributed by atoms with Crippen LogP contribution < -0.4 is 16.4 Å². The van der Waals surface area contributed by atoms with Gasteiger partial charge in [-0.1, -0.05) is 90.4 Å². The number of anilines is 4. The van der Waals surface area contributed by atoms with Crippen LogP contribution in [0.1, 0.15) is 102 Å². The van der Waals surface area contributed by atoms with E-state index < -0.39 is 0 Å². The molecule has 2 aromatic heterocycles. The van der Waals surface area contributed by atoms with Crippen LogP contribution in [0.5, 0.6) is 0 Å². The largest absolute Gasteiger partial charge is 0.393 e. The van der Waals surface area contributed by atoms with Crippen molar-refractivity contribution in [3.05, 3.63) is 30.2 Å². The lowest BCUT2D eigenvalue weighted by Crippen LogP contribution is -2.09. The van der Waals surface area contributed by atoms with Gasteiger partial charge in [0.25, 0.3) is 0 Å². The van der Waals surface area contributed by atoms with Crippen LogP contribution in [0.25, 0.3) is 0 Å². The van der Waals surface area contributed by atoms with Crippen molar-refractivity contribution in [2.75, 3.05) is 22.9 Å². The Hall–Kier alpha value is -2.37. The SMILES string of the molecule is CCCCCCCCCCCCCCCCNc1ncnc(Nc2cc(C)ccn2)c1N. The van der Waals surface area contributed by atoms with E-state index >= 15 is 0 Å². The molecule has 0 aromatic carbocycles. The Morgan fingerprint density at radius 3 is 1.91 bits per heavy atom. The average Bonchev–Trinajstić information content (AvgIpc) is 2.79. The molecule has 2 rings (SSSR count). The molecule has 2 heterocycles. The van der Waals surface area contributed by atoms with Crippen molar-refractivity contribution in [1.82, 2.24) is 15.0 Å². The number of nitrogen functional groups attached to an aromatic ring is 1. The number of aryl methyl sites for hydroxylation is 1. The van der Waals surface area contributed by atoms with Crippen LogP contribution in [0.2, 0.25) is 0 Å². The molecule has 32 heavy (non-hydrogen) atoms. The lowest BCUT2D eigenvalue weighted by molar-refractivity contribution is 0.537. The van der Waals surface area contributed by atoms with Gasteiger partial charge >= 0.3 is 0 Å². The molecule has 0 aliphatic heterocycles. The molecule has 0 spiro atoms. The summed E-state index contributed by atoms with van der Waals surface area (Å²) in [5.74, 6) is 2.00. The fourth-order valence-corrected chi connectivity index (χ4v) is 3.89. The van der Waals surface area contributed by atoms with Gasteiger partial charge in [-0.05, 0) is 31.0 Å². The van der Waals surface area contributed by atoms with Gasteiger partial charge in [0.1, 0.15) is 17.8 Å². The molecule has 0 radical (unpaired) electrons. The lowest BCUT2D eigenvalue weighted by Gasteiger charge is -2.12. The van der Waals surface area contributed by atoms with E-state index in [9.17, 15) is 0 Å². The van der Waals surface area contributed by atoms with Crippen LogP contribution in [0.4, 0.5) is 23.1 Å². The summed E-state index contributed by atoms with van der Waals surface area (Å²) in [6.45, 7) is 5.19. The Morgan fingerprint density at radius 2 is 1.31 bits per heavy atom. The van der Waals surface area contributed by atoms with E-state index in [0.717, 1.165) is 24.3 Å². The quantitative estimate of drug-likeness (QED) is 0.209. The van der Waals surface area contributed by atoms with E-state index in [1.165, 1.54) is 89.8 Å². The topological polar surface area (TPSA) is 88.8 Å². The van der Waals surface area contributed by atoms with Crippen molar-refractivity contribution in [1.29, 1.82) is 0 Å². The van der Waals surface area contributed by atoms with Crippen LogP contribution in [0.3, 0.4) is 0 Å². The first kappa shape index (κ1) is 25.9. The third-order valence-corrected chi connectivity index (χ3v) is 5.87. The number of nitrogens with two attached hydrogens (primary N) is 1. The molecule has 0 unspecified atom stereocenters. The third-order valence-electron chi connectivity index (χ3n) is 5.87. The molecule has 0 fully saturated rings. The Balaban J connectivity index is 1.51. The zero-order valence-corrected chi connectivity index (χ0v) is 20.3. The number of nitrogens with zero attached hydrogens (tertiary/aromatic N) is 3. The predicted molar refractivity (Wildman–Crippen MR) is 138 cm³/mol. The number of hydrogen-bond acceptors (Lipinski definition) is 6. The van der Waals surface area contributed by atoms with Gasteiger partial charge in [0, 0.05) is 12.7 Å². The maximum Gasteiger partial charge on any atom is 0.160 e. The molecule has 0 amide bonds. The van der Waals surface area contributed by atoms with Crippen molar-refractivity contribution in [3.63, 3.8) is 0 Å². The smallest absolute Gasteiger partial charge is 0.160 e. The number of rotatable bonds is 18. The fraction of sp³-hybridized carbons (Fsp3) is 0.654. The summed E-state index contributed by atoms with van der Waals surface area (Å²) in [6.07, 6.45) is 22.4. The second-order valence-corrected chi connectivity index (χ2v) is 8.85. The predicted octanol–water partition coefficient (Wildman–Crippen LogP) is 7.40. The second-order valence-electron chi connectivity index (χ2n) is 8.85. The highest BCUT2D eigenvalue weighted by Crippen LogP contribution is 2.25. The Kier molecular flexibility index (Phi) is 13.2. The summed E-state index contributed by atoms with van der Waals surface area (Å²) in [5, 5.41) is 6.54. The first-order valence-corrected chi connectivity index (χ1v) is 12.7. The minimum atomic E-state index is 0.529. The van der Waals surface area contributed by atoms with Crippen molar-refractivity contribution >= 4 is 23.1 Å². The van der Waals surface area contributed by atoms with E-state index in [4.69, 9.17) is 5.73 Å². The Labute approximate surface area is 195 Å². The molecule has 2 aromatic rings. The summed E-state index contributed by atoms with van der Waals surface area (Å²) in [5.41, 5.74) is 7.91. The van der Waals surface area contributed by atoms with Gasteiger partial charge < -0.3 is 16.4 Å². The van der Waals surface area contributed by atoms with Crippen LogP contribution in [-0.4, -0.2) is 21.5 Å². The van der Waals surface area contributed by atoms with Crippen molar-refractivity contribution in [3.8, 4) is 0 Å². The van der Waals surface area contributed by atoms with Crippen LogP contribution in [0, 0.1) is 6.92 Å². The van der Waals surface area contributed by atoms with Crippen molar-refractivity contribution in [2.45, 2.75) is 104 Å².